The molecule has 0 saturated heterocycles. The summed E-state index contributed by atoms with van der Waals surface area (Å²) < 4.78 is 81.2. The Morgan fingerprint density at radius 2 is 1.48 bits per heavy atom. The van der Waals surface area contributed by atoms with E-state index in [-0.39, 0.29) is 12.2 Å². The van der Waals surface area contributed by atoms with Crippen molar-refractivity contribution in [3.8, 4) is 23.0 Å². The molecule has 3 rings (SSSR count). The van der Waals surface area contributed by atoms with Crippen LogP contribution < -0.4 is 18.5 Å². The number of alkyl halides is 3. The molecule has 0 radical (unpaired) electrons. The highest BCUT2D eigenvalue weighted by molar-refractivity contribution is 7.92. The highest BCUT2D eigenvalue weighted by Crippen LogP contribution is 2.40. The van der Waals surface area contributed by atoms with E-state index in [1.54, 1.807) is 18.2 Å². The monoisotopic (exact) mass is 482 g/mol. The first-order valence-corrected chi connectivity index (χ1v) is 11.2. The lowest BCUT2D eigenvalue weighted by molar-refractivity contribution is -0.106. The van der Waals surface area contributed by atoms with E-state index in [9.17, 15) is 21.6 Å². The minimum Gasteiger partial charge on any atom is -0.493 e. The van der Waals surface area contributed by atoms with Gasteiger partial charge in [0.25, 0.3) is 0 Å². The van der Waals surface area contributed by atoms with Gasteiger partial charge in [0, 0.05) is 12.4 Å². The molecule has 2 aromatic carbocycles. The molecule has 0 saturated carbocycles. The van der Waals surface area contributed by atoms with Crippen LogP contribution in [0.1, 0.15) is 5.56 Å². The second kappa shape index (κ2) is 9.99. The molecule has 0 amide bonds. The molecule has 1 aromatic heterocycles. The molecule has 0 atom stereocenters. The Hall–Kier alpha value is -3.47. The van der Waals surface area contributed by atoms with Gasteiger partial charge in [-0.15, -0.1) is 0 Å². The van der Waals surface area contributed by atoms with Crippen molar-refractivity contribution in [1.29, 1.82) is 0 Å². The Morgan fingerprint density at radius 1 is 0.909 bits per heavy atom. The zero-order chi connectivity index (χ0) is 24.1. The van der Waals surface area contributed by atoms with Crippen LogP contribution in [0.15, 0.2) is 67.0 Å². The molecular formula is C22H21F3N2O5S. The zero-order valence-electron chi connectivity index (χ0n) is 17.7. The number of para-hydroxylation sites is 1. The molecule has 1 heterocycles. The first-order valence-electron chi connectivity index (χ1n) is 9.58. The number of benzene rings is 2. The SMILES string of the molecule is COc1cccc(OC)c1Oc1ccc(N(Cc2ccncc2)S(=O)(=O)CC(F)(F)F)cc1. The lowest BCUT2D eigenvalue weighted by Crippen LogP contribution is -2.37. The quantitative estimate of drug-likeness (QED) is 0.437. The Kier molecular flexibility index (Phi) is 7.32. The van der Waals surface area contributed by atoms with Gasteiger partial charge in [-0.1, -0.05) is 6.07 Å². The zero-order valence-corrected chi connectivity index (χ0v) is 18.6. The van der Waals surface area contributed by atoms with Gasteiger partial charge >= 0.3 is 6.18 Å². The summed E-state index contributed by atoms with van der Waals surface area (Å²) in [5.41, 5.74) is 0.533. The van der Waals surface area contributed by atoms with Crippen molar-refractivity contribution in [2.24, 2.45) is 0 Å². The van der Waals surface area contributed by atoms with E-state index in [0.29, 0.717) is 32.9 Å². The van der Waals surface area contributed by atoms with Crippen molar-refractivity contribution >= 4 is 15.7 Å². The van der Waals surface area contributed by atoms with Crippen molar-refractivity contribution in [2.45, 2.75) is 12.7 Å². The molecule has 0 spiro atoms. The third-order valence-electron chi connectivity index (χ3n) is 4.48. The number of anilines is 1. The molecule has 0 unspecified atom stereocenters. The molecular weight excluding hydrogens is 461 g/mol. The van der Waals surface area contributed by atoms with Crippen molar-refractivity contribution in [1.82, 2.24) is 4.98 Å². The topological polar surface area (TPSA) is 78.0 Å². The maximum atomic E-state index is 13.0. The Morgan fingerprint density at radius 3 is 2.00 bits per heavy atom. The van der Waals surface area contributed by atoms with Crippen LogP contribution >= 0.6 is 0 Å². The summed E-state index contributed by atoms with van der Waals surface area (Å²) in [6.07, 6.45) is -2.03. The Balaban J connectivity index is 1.93. The fraction of sp³-hybridized carbons (Fsp3) is 0.227. The largest absolute Gasteiger partial charge is 0.493 e. The van der Waals surface area contributed by atoms with E-state index >= 15 is 0 Å². The summed E-state index contributed by atoms with van der Waals surface area (Å²) in [7, 11) is -1.79. The van der Waals surface area contributed by atoms with E-state index in [4.69, 9.17) is 14.2 Å². The average molecular weight is 482 g/mol. The number of rotatable bonds is 9. The number of pyridine rings is 1. The maximum Gasteiger partial charge on any atom is 0.404 e. The highest BCUT2D eigenvalue weighted by Gasteiger charge is 2.38. The summed E-state index contributed by atoms with van der Waals surface area (Å²) in [6, 6.07) is 13.8. The van der Waals surface area contributed by atoms with E-state index in [0.717, 1.165) is 0 Å². The number of sulfonamides is 1. The van der Waals surface area contributed by atoms with Gasteiger partial charge in [-0.25, -0.2) is 8.42 Å². The molecule has 0 N–H and O–H groups in total. The fourth-order valence-electron chi connectivity index (χ4n) is 3.01. The normalized spacial score (nSPS) is 11.7. The van der Waals surface area contributed by atoms with Crippen LogP contribution in [0, 0.1) is 0 Å². The molecule has 11 heteroatoms. The number of halogens is 3. The van der Waals surface area contributed by atoms with Crippen LogP contribution in [0.4, 0.5) is 18.9 Å². The number of hydrogen-bond donors (Lipinski definition) is 0. The summed E-state index contributed by atoms with van der Waals surface area (Å²) in [5.74, 6) is -0.565. The van der Waals surface area contributed by atoms with Gasteiger partial charge in [-0.05, 0) is 54.1 Å². The standard InChI is InChI=1S/C22H21F3N2O5S/c1-30-19-4-3-5-20(31-2)21(19)32-18-8-6-17(7-9-18)27(14-16-10-12-26-13-11-16)33(28,29)15-22(23,24)25/h3-13H,14-15H2,1-2H3. The second-order valence-corrected chi connectivity index (χ2v) is 8.71. The molecule has 0 fully saturated rings. The van der Waals surface area contributed by atoms with Crippen LogP contribution in [0.2, 0.25) is 0 Å². The molecule has 7 nitrogen and oxygen atoms in total. The minimum absolute atomic E-state index is 0.0513. The lowest BCUT2D eigenvalue weighted by atomic mass is 10.2. The third-order valence-corrected chi connectivity index (χ3v) is 6.19. The molecule has 0 aliphatic heterocycles. The van der Waals surface area contributed by atoms with Gasteiger partial charge in [-0.3, -0.25) is 9.29 Å². The molecule has 0 aliphatic rings. The lowest BCUT2D eigenvalue weighted by Gasteiger charge is -2.25. The van der Waals surface area contributed by atoms with Crippen LogP contribution in [0.5, 0.6) is 23.0 Å². The van der Waals surface area contributed by atoms with Crippen LogP contribution in [-0.2, 0) is 16.6 Å². The molecule has 176 valence electrons. The number of hydrogen-bond acceptors (Lipinski definition) is 6. The van der Waals surface area contributed by atoms with Gasteiger partial charge in [0.15, 0.2) is 17.3 Å². The number of nitrogens with zero attached hydrogens (tertiary/aromatic N) is 2. The van der Waals surface area contributed by atoms with E-state index in [2.05, 4.69) is 4.98 Å². The fourth-order valence-corrected chi connectivity index (χ4v) is 4.36. The number of methoxy groups -OCH3 is 2. The summed E-state index contributed by atoms with van der Waals surface area (Å²) in [5, 5.41) is 0. The predicted molar refractivity (Wildman–Crippen MR) is 116 cm³/mol. The molecule has 3 aromatic rings. The van der Waals surface area contributed by atoms with Crippen molar-refractivity contribution in [3.05, 3.63) is 72.6 Å². The maximum absolute atomic E-state index is 13.0. The van der Waals surface area contributed by atoms with Gasteiger partial charge < -0.3 is 14.2 Å². The van der Waals surface area contributed by atoms with E-state index in [1.165, 1.54) is 63.0 Å². The Labute approximate surface area is 189 Å². The van der Waals surface area contributed by atoms with Gasteiger partial charge in [0.2, 0.25) is 15.8 Å². The van der Waals surface area contributed by atoms with Crippen LogP contribution in [0.3, 0.4) is 0 Å². The first kappa shape index (κ1) is 24.2. The van der Waals surface area contributed by atoms with Crippen molar-refractivity contribution in [3.63, 3.8) is 0 Å². The second-order valence-electron chi connectivity index (χ2n) is 6.82. The third kappa shape index (κ3) is 6.28. The number of aromatic nitrogens is 1. The summed E-state index contributed by atoms with van der Waals surface area (Å²) in [6.45, 7) is -0.290. The first-order chi connectivity index (χ1) is 15.6. The number of ether oxygens (including phenoxy) is 3. The predicted octanol–water partition coefficient (Wildman–Crippen LogP) is 4.79. The van der Waals surface area contributed by atoms with Gasteiger partial charge in [0.05, 0.1) is 26.5 Å². The average Bonchev–Trinajstić information content (AvgIpc) is 2.77. The summed E-state index contributed by atoms with van der Waals surface area (Å²) in [4.78, 5) is 3.84. The smallest absolute Gasteiger partial charge is 0.404 e. The van der Waals surface area contributed by atoms with Crippen molar-refractivity contribution < 1.29 is 35.8 Å². The van der Waals surface area contributed by atoms with Gasteiger partial charge in [0.1, 0.15) is 5.75 Å². The van der Waals surface area contributed by atoms with Crippen molar-refractivity contribution in [2.75, 3.05) is 24.3 Å². The van der Waals surface area contributed by atoms with Gasteiger partial charge in [-0.2, -0.15) is 13.2 Å². The summed E-state index contributed by atoms with van der Waals surface area (Å²) >= 11 is 0. The van der Waals surface area contributed by atoms with E-state index in [1.807, 2.05) is 0 Å². The molecule has 0 bridgehead atoms. The minimum atomic E-state index is -4.89. The van der Waals surface area contributed by atoms with Crippen LogP contribution in [0.25, 0.3) is 0 Å². The molecule has 0 aliphatic carbocycles. The van der Waals surface area contributed by atoms with E-state index < -0.39 is 22.0 Å². The highest BCUT2D eigenvalue weighted by atomic mass is 32.2. The van der Waals surface area contributed by atoms with Crippen LogP contribution in [-0.4, -0.2) is 39.6 Å². The Bertz CT molecular complexity index is 1150. The molecule has 33 heavy (non-hydrogen) atoms.